The van der Waals surface area contributed by atoms with Gasteiger partial charge in [0.05, 0.1) is 10.6 Å². The first-order valence-corrected chi connectivity index (χ1v) is 6.25. The van der Waals surface area contributed by atoms with Crippen LogP contribution in [0.2, 0.25) is 5.15 Å². The molecule has 1 heterocycles. The molecule has 5 nitrogen and oxygen atoms in total. The smallest absolute Gasteiger partial charge is 0.258 e. The highest BCUT2D eigenvalue weighted by molar-refractivity contribution is 6.30. The first-order valence-electron chi connectivity index (χ1n) is 5.87. The maximum absolute atomic E-state index is 10.8. The van der Waals surface area contributed by atoms with E-state index in [1.165, 1.54) is 18.5 Å². The normalized spacial score (nSPS) is 10.4. The van der Waals surface area contributed by atoms with Gasteiger partial charge in [-0.1, -0.05) is 37.1 Å². The van der Waals surface area contributed by atoms with Crippen molar-refractivity contribution in [1.29, 1.82) is 0 Å². The molecule has 19 heavy (non-hydrogen) atoms. The molecule has 0 saturated heterocycles. The van der Waals surface area contributed by atoms with Crippen LogP contribution in [0, 0.1) is 10.1 Å². The van der Waals surface area contributed by atoms with Gasteiger partial charge in [-0.15, -0.1) is 0 Å². The van der Waals surface area contributed by atoms with Crippen LogP contribution in [0.5, 0.6) is 0 Å². The minimum absolute atomic E-state index is 0.0367. The summed E-state index contributed by atoms with van der Waals surface area (Å²) in [7, 11) is 0. The van der Waals surface area contributed by atoms with Gasteiger partial charge in [-0.3, -0.25) is 10.1 Å². The van der Waals surface area contributed by atoms with Crippen molar-refractivity contribution in [2.45, 2.75) is 19.8 Å². The van der Waals surface area contributed by atoms with E-state index in [4.69, 9.17) is 11.6 Å². The second-order valence-corrected chi connectivity index (χ2v) is 4.41. The van der Waals surface area contributed by atoms with E-state index >= 15 is 0 Å². The predicted molar refractivity (Wildman–Crippen MR) is 73.1 cm³/mol. The van der Waals surface area contributed by atoms with E-state index in [2.05, 4.69) is 9.97 Å². The van der Waals surface area contributed by atoms with Gasteiger partial charge in [0.15, 0.2) is 0 Å². The first-order chi connectivity index (χ1) is 9.13. The molecular weight excluding hydrogens is 266 g/mol. The SMILES string of the molecule is CCCc1c(Cl)ncnc1-c1cccc([N+](=O)[O-])c1. The maximum atomic E-state index is 10.8. The van der Waals surface area contributed by atoms with Gasteiger partial charge in [0, 0.05) is 23.3 Å². The summed E-state index contributed by atoms with van der Waals surface area (Å²) in [4.78, 5) is 18.6. The lowest BCUT2D eigenvalue weighted by molar-refractivity contribution is -0.384. The lowest BCUT2D eigenvalue weighted by atomic mass is 10.0. The van der Waals surface area contributed by atoms with E-state index in [-0.39, 0.29) is 5.69 Å². The third-order valence-corrected chi connectivity index (χ3v) is 3.05. The zero-order valence-electron chi connectivity index (χ0n) is 10.3. The molecule has 0 bridgehead atoms. The lowest BCUT2D eigenvalue weighted by Crippen LogP contribution is -1.97. The lowest BCUT2D eigenvalue weighted by Gasteiger charge is -2.08. The fourth-order valence-electron chi connectivity index (χ4n) is 1.88. The van der Waals surface area contributed by atoms with E-state index in [9.17, 15) is 10.1 Å². The van der Waals surface area contributed by atoms with Crippen LogP contribution >= 0.6 is 11.6 Å². The Hall–Kier alpha value is -2.01. The van der Waals surface area contributed by atoms with E-state index < -0.39 is 4.92 Å². The average molecular weight is 278 g/mol. The zero-order chi connectivity index (χ0) is 13.8. The van der Waals surface area contributed by atoms with Crippen LogP contribution in [-0.4, -0.2) is 14.9 Å². The van der Waals surface area contributed by atoms with Crippen LogP contribution in [0.25, 0.3) is 11.3 Å². The molecule has 0 aliphatic rings. The maximum Gasteiger partial charge on any atom is 0.270 e. The number of non-ortho nitro benzene ring substituents is 1. The fraction of sp³-hybridized carbons (Fsp3) is 0.231. The second-order valence-electron chi connectivity index (χ2n) is 4.05. The van der Waals surface area contributed by atoms with E-state index in [0.29, 0.717) is 16.4 Å². The van der Waals surface area contributed by atoms with Gasteiger partial charge in [-0.05, 0) is 6.42 Å². The summed E-state index contributed by atoms with van der Waals surface area (Å²) >= 11 is 6.08. The van der Waals surface area contributed by atoms with Crippen molar-refractivity contribution in [3.63, 3.8) is 0 Å². The monoisotopic (exact) mass is 277 g/mol. The quantitative estimate of drug-likeness (QED) is 0.486. The van der Waals surface area contributed by atoms with Crippen molar-refractivity contribution in [3.8, 4) is 11.3 Å². The van der Waals surface area contributed by atoms with Crippen LogP contribution in [0.3, 0.4) is 0 Å². The highest BCUT2D eigenvalue weighted by atomic mass is 35.5. The van der Waals surface area contributed by atoms with Crippen LogP contribution in [0.4, 0.5) is 5.69 Å². The molecule has 2 rings (SSSR count). The summed E-state index contributed by atoms with van der Waals surface area (Å²) in [6.45, 7) is 2.03. The Balaban J connectivity index is 2.55. The molecule has 0 radical (unpaired) electrons. The van der Waals surface area contributed by atoms with Crippen molar-refractivity contribution in [1.82, 2.24) is 9.97 Å². The average Bonchev–Trinajstić information content (AvgIpc) is 2.41. The standard InChI is InChI=1S/C13H12ClN3O2/c1-2-4-11-12(15-8-16-13(11)14)9-5-3-6-10(7-9)17(18)19/h3,5-8H,2,4H2,1H3. The number of benzene rings is 1. The molecule has 0 unspecified atom stereocenters. The molecule has 0 amide bonds. The summed E-state index contributed by atoms with van der Waals surface area (Å²) in [5.74, 6) is 0. The summed E-state index contributed by atoms with van der Waals surface area (Å²) in [5, 5.41) is 11.2. The molecule has 6 heteroatoms. The summed E-state index contributed by atoms with van der Waals surface area (Å²) in [5.41, 5.74) is 2.20. The Labute approximate surface area is 115 Å². The largest absolute Gasteiger partial charge is 0.270 e. The van der Waals surface area contributed by atoms with Gasteiger partial charge in [0.2, 0.25) is 0 Å². The molecule has 0 saturated carbocycles. The molecule has 0 aliphatic heterocycles. The number of aromatic nitrogens is 2. The van der Waals surface area contributed by atoms with Gasteiger partial charge < -0.3 is 0 Å². The number of nitrogens with zero attached hydrogens (tertiary/aromatic N) is 3. The van der Waals surface area contributed by atoms with Crippen molar-refractivity contribution in [2.24, 2.45) is 0 Å². The molecule has 0 atom stereocenters. The van der Waals surface area contributed by atoms with Gasteiger partial charge in [-0.25, -0.2) is 9.97 Å². The number of halogens is 1. The summed E-state index contributed by atoms with van der Waals surface area (Å²) < 4.78 is 0. The Bertz CT molecular complexity index is 617. The Morgan fingerprint density at radius 1 is 1.37 bits per heavy atom. The van der Waals surface area contributed by atoms with Crippen LogP contribution in [0.15, 0.2) is 30.6 Å². The topological polar surface area (TPSA) is 68.9 Å². The Morgan fingerprint density at radius 3 is 2.84 bits per heavy atom. The van der Waals surface area contributed by atoms with Gasteiger partial charge in [0.1, 0.15) is 11.5 Å². The Kier molecular flexibility index (Phi) is 4.06. The minimum atomic E-state index is -0.425. The first kappa shape index (κ1) is 13.4. The highest BCUT2D eigenvalue weighted by Crippen LogP contribution is 2.28. The number of nitro groups is 1. The molecule has 2 aromatic rings. The van der Waals surface area contributed by atoms with E-state index in [0.717, 1.165) is 18.4 Å². The van der Waals surface area contributed by atoms with E-state index in [1.54, 1.807) is 12.1 Å². The molecule has 98 valence electrons. The minimum Gasteiger partial charge on any atom is -0.258 e. The van der Waals surface area contributed by atoms with Crippen molar-refractivity contribution in [3.05, 3.63) is 51.4 Å². The molecule has 0 spiro atoms. The second kappa shape index (κ2) is 5.75. The predicted octanol–water partition coefficient (Wildman–Crippen LogP) is 3.66. The zero-order valence-corrected chi connectivity index (χ0v) is 11.1. The van der Waals surface area contributed by atoms with Crippen molar-refractivity contribution in [2.75, 3.05) is 0 Å². The van der Waals surface area contributed by atoms with Crippen LogP contribution < -0.4 is 0 Å². The van der Waals surface area contributed by atoms with Crippen LogP contribution in [-0.2, 0) is 6.42 Å². The van der Waals surface area contributed by atoms with Crippen LogP contribution in [0.1, 0.15) is 18.9 Å². The van der Waals surface area contributed by atoms with Crippen molar-refractivity contribution >= 4 is 17.3 Å². The van der Waals surface area contributed by atoms with Gasteiger partial charge >= 0.3 is 0 Å². The number of hydrogen-bond donors (Lipinski definition) is 0. The summed E-state index contributed by atoms with van der Waals surface area (Å²) in [6.07, 6.45) is 3.00. The fourth-order valence-corrected chi connectivity index (χ4v) is 2.11. The Morgan fingerprint density at radius 2 is 2.16 bits per heavy atom. The molecule has 0 fully saturated rings. The number of hydrogen-bond acceptors (Lipinski definition) is 4. The number of rotatable bonds is 4. The third-order valence-electron chi connectivity index (χ3n) is 2.72. The summed E-state index contributed by atoms with van der Waals surface area (Å²) in [6, 6.07) is 6.37. The molecular formula is C13H12ClN3O2. The molecule has 0 aliphatic carbocycles. The van der Waals surface area contributed by atoms with Gasteiger partial charge in [0.25, 0.3) is 5.69 Å². The molecule has 0 N–H and O–H groups in total. The third kappa shape index (κ3) is 2.88. The van der Waals surface area contributed by atoms with Gasteiger partial charge in [-0.2, -0.15) is 0 Å². The molecule has 1 aromatic carbocycles. The van der Waals surface area contributed by atoms with Crippen molar-refractivity contribution < 1.29 is 4.92 Å². The van der Waals surface area contributed by atoms with E-state index in [1.807, 2.05) is 6.92 Å². The highest BCUT2D eigenvalue weighted by Gasteiger charge is 2.13. The number of nitro benzene ring substituents is 1. The molecule has 1 aromatic heterocycles.